The number of carbonyl (C=O) groups is 1. The van der Waals surface area contributed by atoms with E-state index in [9.17, 15) is 4.79 Å². The first-order valence-corrected chi connectivity index (χ1v) is 8.10. The van der Waals surface area contributed by atoms with Crippen molar-refractivity contribution in [2.45, 2.75) is 26.5 Å². The van der Waals surface area contributed by atoms with Crippen LogP contribution in [-0.4, -0.2) is 12.0 Å². The number of benzene rings is 3. The molecule has 3 aromatic carbocycles. The van der Waals surface area contributed by atoms with Crippen LogP contribution in [0.1, 0.15) is 18.1 Å². The normalized spacial score (nSPS) is 11.9. The van der Waals surface area contributed by atoms with Gasteiger partial charge in [-0.05, 0) is 48.4 Å². The Morgan fingerprint density at radius 1 is 1.00 bits per heavy atom. The van der Waals surface area contributed by atoms with Gasteiger partial charge in [-0.15, -0.1) is 0 Å². The molecule has 3 heteroatoms. The molecular weight excluding hydrogens is 298 g/mol. The Hall–Kier alpha value is -2.81. The molecule has 0 aliphatic heterocycles. The van der Waals surface area contributed by atoms with E-state index < -0.39 is 6.10 Å². The highest BCUT2D eigenvalue weighted by Crippen LogP contribution is 2.16. The van der Waals surface area contributed by atoms with Gasteiger partial charge in [0.1, 0.15) is 5.75 Å². The van der Waals surface area contributed by atoms with E-state index in [1.165, 1.54) is 10.8 Å². The summed E-state index contributed by atoms with van der Waals surface area (Å²) in [5.74, 6) is 0.581. The van der Waals surface area contributed by atoms with Crippen LogP contribution in [0.15, 0.2) is 66.7 Å². The second-order valence-electron chi connectivity index (χ2n) is 5.97. The van der Waals surface area contributed by atoms with Gasteiger partial charge in [-0.25, -0.2) is 0 Å². The Morgan fingerprint density at radius 2 is 1.71 bits per heavy atom. The molecule has 0 heterocycles. The monoisotopic (exact) mass is 319 g/mol. The summed E-state index contributed by atoms with van der Waals surface area (Å²) in [6.45, 7) is 4.27. The summed E-state index contributed by atoms with van der Waals surface area (Å²) in [5, 5.41) is 5.30. The quantitative estimate of drug-likeness (QED) is 0.764. The number of rotatable bonds is 5. The van der Waals surface area contributed by atoms with Gasteiger partial charge in [-0.2, -0.15) is 0 Å². The first-order chi connectivity index (χ1) is 11.6. The summed E-state index contributed by atoms with van der Waals surface area (Å²) < 4.78 is 5.68. The molecular formula is C21H21NO2. The highest BCUT2D eigenvalue weighted by molar-refractivity contribution is 5.83. The molecule has 0 saturated heterocycles. The zero-order valence-corrected chi connectivity index (χ0v) is 14.0. The largest absolute Gasteiger partial charge is 0.481 e. The fourth-order valence-corrected chi connectivity index (χ4v) is 2.56. The average Bonchev–Trinajstić information content (AvgIpc) is 2.61. The van der Waals surface area contributed by atoms with Crippen molar-refractivity contribution in [3.63, 3.8) is 0 Å². The Balaban J connectivity index is 1.58. The summed E-state index contributed by atoms with van der Waals surface area (Å²) in [7, 11) is 0. The van der Waals surface area contributed by atoms with Gasteiger partial charge in [0.25, 0.3) is 5.91 Å². The van der Waals surface area contributed by atoms with Crippen molar-refractivity contribution in [3.05, 3.63) is 77.9 Å². The van der Waals surface area contributed by atoms with Gasteiger partial charge in [-0.3, -0.25) is 4.79 Å². The van der Waals surface area contributed by atoms with Crippen LogP contribution in [0.2, 0.25) is 0 Å². The smallest absolute Gasteiger partial charge is 0.261 e. The summed E-state index contributed by atoms with van der Waals surface area (Å²) in [6, 6.07) is 22.1. The van der Waals surface area contributed by atoms with Gasteiger partial charge in [-0.1, -0.05) is 54.1 Å². The van der Waals surface area contributed by atoms with Crippen LogP contribution in [0.4, 0.5) is 0 Å². The maximum atomic E-state index is 12.2. The van der Waals surface area contributed by atoms with E-state index >= 15 is 0 Å². The molecule has 0 radical (unpaired) electrons. The molecule has 24 heavy (non-hydrogen) atoms. The lowest BCUT2D eigenvalue weighted by molar-refractivity contribution is -0.127. The minimum absolute atomic E-state index is 0.122. The molecule has 3 nitrogen and oxygen atoms in total. The van der Waals surface area contributed by atoms with Gasteiger partial charge in [0.15, 0.2) is 6.10 Å². The summed E-state index contributed by atoms with van der Waals surface area (Å²) in [5.41, 5.74) is 2.24. The molecule has 0 fully saturated rings. The van der Waals surface area contributed by atoms with Crippen LogP contribution in [0.25, 0.3) is 10.8 Å². The van der Waals surface area contributed by atoms with Crippen molar-refractivity contribution in [3.8, 4) is 5.75 Å². The highest BCUT2D eigenvalue weighted by Gasteiger charge is 2.14. The second-order valence-corrected chi connectivity index (χ2v) is 5.97. The molecule has 0 aliphatic rings. The molecule has 0 spiro atoms. The van der Waals surface area contributed by atoms with E-state index in [0.717, 1.165) is 11.1 Å². The van der Waals surface area contributed by atoms with Gasteiger partial charge in [0.2, 0.25) is 0 Å². The fraction of sp³-hybridized carbons (Fsp3) is 0.190. The molecule has 1 atom stereocenters. The lowest BCUT2D eigenvalue weighted by Crippen LogP contribution is -2.35. The van der Waals surface area contributed by atoms with Crippen molar-refractivity contribution in [2.75, 3.05) is 0 Å². The van der Waals surface area contributed by atoms with Crippen molar-refractivity contribution in [1.82, 2.24) is 5.32 Å². The Morgan fingerprint density at radius 3 is 2.46 bits per heavy atom. The number of ether oxygens (including phenoxy) is 1. The maximum absolute atomic E-state index is 12.2. The molecule has 3 rings (SSSR count). The predicted octanol–water partition coefficient (Wildman–Crippen LogP) is 4.23. The summed E-state index contributed by atoms with van der Waals surface area (Å²) in [6.07, 6.45) is -0.534. The minimum Gasteiger partial charge on any atom is -0.481 e. The van der Waals surface area contributed by atoms with Crippen molar-refractivity contribution in [1.29, 1.82) is 0 Å². The topological polar surface area (TPSA) is 38.3 Å². The molecule has 0 saturated carbocycles. The zero-order valence-electron chi connectivity index (χ0n) is 14.0. The predicted molar refractivity (Wildman–Crippen MR) is 97.1 cm³/mol. The number of carbonyl (C=O) groups excluding carboxylic acids is 1. The zero-order chi connectivity index (χ0) is 16.9. The molecule has 1 N–H and O–H groups in total. The number of fused-ring (bicyclic) bond motifs is 1. The Kier molecular flexibility index (Phi) is 4.80. The third-order valence-corrected chi connectivity index (χ3v) is 3.98. The molecule has 0 bridgehead atoms. The number of amides is 1. The maximum Gasteiger partial charge on any atom is 0.261 e. The first-order valence-electron chi connectivity index (χ1n) is 8.10. The van der Waals surface area contributed by atoms with E-state index in [2.05, 4.69) is 29.6 Å². The SMILES string of the molecule is Cc1ccc(O[C@H](C)C(=O)NCc2ccc3ccccc3c2)cc1. The third kappa shape index (κ3) is 3.93. The molecule has 3 aromatic rings. The Labute approximate surface area is 142 Å². The lowest BCUT2D eigenvalue weighted by atomic mass is 10.1. The van der Waals surface area contributed by atoms with Crippen LogP contribution in [-0.2, 0) is 11.3 Å². The number of aryl methyl sites for hydroxylation is 1. The van der Waals surface area contributed by atoms with Crippen LogP contribution in [0.5, 0.6) is 5.75 Å². The van der Waals surface area contributed by atoms with E-state index in [1.54, 1.807) is 6.92 Å². The van der Waals surface area contributed by atoms with Crippen LogP contribution in [0.3, 0.4) is 0 Å². The number of hydrogen-bond donors (Lipinski definition) is 1. The highest BCUT2D eigenvalue weighted by atomic mass is 16.5. The van der Waals surface area contributed by atoms with Crippen LogP contribution >= 0.6 is 0 Å². The molecule has 0 unspecified atom stereocenters. The minimum atomic E-state index is -0.534. The Bertz CT molecular complexity index is 840. The van der Waals surface area contributed by atoms with Crippen LogP contribution < -0.4 is 10.1 Å². The molecule has 122 valence electrons. The molecule has 0 aliphatic carbocycles. The molecule has 0 aromatic heterocycles. The van der Waals surface area contributed by atoms with E-state index in [-0.39, 0.29) is 5.91 Å². The second kappa shape index (κ2) is 7.18. The standard InChI is InChI=1S/C21H21NO2/c1-15-7-11-20(12-8-15)24-16(2)21(23)22-14-17-9-10-18-5-3-4-6-19(18)13-17/h3-13,16H,14H2,1-2H3,(H,22,23)/t16-/m1/s1. The number of hydrogen-bond acceptors (Lipinski definition) is 2. The molecule has 1 amide bonds. The van der Waals surface area contributed by atoms with Crippen LogP contribution in [0, 0.1) is 6.92 Å². The van der Waals surface area contributed by atoms with Gasteiger partial charge < -0.3 is 10.1 Å². The third-order valence-electron chi connectivity index (χ3n) is 3.98. The number of nitrogens with one attached hydrogen (secondary N) is 1. The van der Waals surface area contributed by atoms with E-state index in [1.807, 2.05) is 49.4 Å². The average molecular weight is 319 g/mol. The van der Waals surface area contributed by atoms with Crippen molar-refractivity contribution >= 4 is 16.7 Å². The van der Waals surface area contributed by atoms with Gasteiger partial charge in [0, 0.05) is 6.54 Å². The van der Waals surface area contributed by atoms with E-state index in [4.69, 9.17) is 4.74 Å². The van der Waals surface area contributed by atoms with Crippen molar-refractivity contribution in [2.24, 2.45) is 0 Å². The first kappa shape index (κ1) is 16.1. The summed E-state index contributed by atoms with van der Waals surface area (Å²) in [4.78, 5) is 12.2. The van der Waals surface area contributed by atoms with Gasteiger partial charge >= 0.3 is 0 Å². The van der Waals surface area contributed by atoms with Crippen molar-refractivity contribution < 1.29 is 9.53 Å². The van der Waals surface area contributed by atoms with Gasteiger partial charge in [0.05, 0.1) is 0 Å². The van der Waals surface area contributed by atoms with E-state index in [0.29, 0.717) is 12.3 Å². The fourth-order valence-electron chi connectivity index (χ4n) is 2.56. The summed E-state index contributed by atoms with van der Waals surface area (Å²) >= 11 is 0. The lowest BCUT2D eigenvalue weighted by Gasteiger charge is -2.15.